The Labute approximate surface area is 194 Å². The van der Waals surface area contributed by atoms with Gasteiger partial charge in [-0.05, 0) is 50.9 Å². The summed E-state index contributed by atoms with van der Waals surface area (Å²) in [5, 5.41) is 5.02. The topological polar surface area (TPSA) is 53.5 Å². The van der Waals surface area contributed by atoms with Crippen molar-refractivity contribution < 1.29 is 4.74 Å². The van der Waals surface area contributed by atoms with Gasteiger partial charge in [0.25, 0.3) is 0 Å². The summed E-state index contributed by atoms with van der Waals surface area (Å²) >= 11 is 1.88. The van der Waals surface area contributed by atoms with Gasteiger partial charge in [0, 0.05) is 24.5 Å². The maximum Gasteiger partial charge on any atom is 0.146 e. The number of rotatable bonds is 7. The Kier molecular flexibility index (Phi) is 6.69. The second kappa shape index (κ2) is 9.83. The molecule has 1 aromatic carbocycles. The van der Waals surface area contributed by atoms with E-state index in [1.165, 1.54) is 40.7 Å². The molecule has 0 bridgehead atoms. The van der Waals surface area contributed by atoms with E-state index in [9.17, 15) is 0 Å². The first-order chi connectivity index (χ1) is 15.7. The molecule has 2 aromatic heterocycles. The SMILES string of the molecule is CN(C)C(CNc1nc(CN2CCOCC2)nc2sc3c(c12)CCCC3)c1ccccc1. The monoisotopic (exact) mass is 451 g/mol. The maximum atomic E-state index is 5.52. The van der Waals surface area contributed by atoms with Crippen LogP contribution in [-0.2, 0) is 24.1 Å². The van der Waals surface area contributed by atoms with E-state index in [0.29, 0.717) is 0 Å². The van der Waals surface area contributed by atoms with Gasteiger partial charge in [-0.1, -0.05) is 30.3 Å². The fourth-order valence-corrected chi connectivity index (χ4v) is 6.11. The van der Waals surface area contributed by atoms with E-state index in [0.717, 1.165) is 62.3 Å². The average molecular weight is 452 g/mol. The predicted molar refractivity (Wildman–Crippen MR) is 132 cm³/mol. The number of hydrogen-bond acceptors (Lipinski definition) is 7. The molecule has 5 rings (SSSR count). The normalized spacial score (nSPS) is 18.1. The lowest BCUT2D eigenvalue weighted by atomic mass is 9.97. The number of hydrogen-bond donors (Lipinski definition) is 1. The summed E-state index contributed by atoms with van der Waals surface area (Å²) in [6.45, 7) is 5.07. The summed E-state index contributed by atoms with van der Waals surface area (Å²) in [5.41, 5.74) is 2.80. The van der Waals surface area contributed by atoms with Crippen molar-refractivity contribution in [1.29, 1.82) is 0 Å². The first-order valence-electron chi connectivity index (χ1n) is 11.8. The summed E-state index contributed by atoms with van der Waals surface area (Å²) in [5.74, 6) is 1.93. The van der Waals surface area contributed by atoms with Crippen LogP contribution in [0.3, 0.4) is 0 Å². The molecule has 1 fully saturated rings. The van der Waals surface area contributed by atoms with Gasteiger partial charge in [-0.3, -0.25) is 4.90 Å². The number of nitrogens with one attached hydrogen (secondary N) is 1. The number of aryl methyl sites for hydroxylation is 2. The zero-order valence-corrected chi connectivity index (χ0v) is 20.0. The number of benzene rings is 1. The van der Waals surface area contributed by atoms with Gasteiger partial charge in [0.2, 0.25) is 0 Å². The fraction of sp³-hybridized carbons (Fsp3) is 0.520. The molecule has 1 aliphatic carbocycles. The molecule has 1 aliphatic heterocycles. The van der Waals surface area contributed by atoms with E-state index in [1.807, 2.05) is 11.3 Å². The molecule has 7 heteroatoms. The molecule has 2 aliphatic rings. The number of nitrogens with zero attached hydrogens (tertiary/aromatic N) is 4. The molecule has 3 heterocycles. The summed E-state index contributed by atoms with van der Waals surface area (Å²) in [6, 6.07) is 11.0. The molecule has 0 radical (unpaired) electrons. The van der Waals surface area contributed by atoms with Crippen LogP contribution in [-0.4, -0.2) is 66.7 Å². The van der Waals surface area contributed by atoms with Gasteiger partial charge < -0.3 is 15.0 Å². The molecule has 32 heavy (non-hydrogen) atoms. The fourth-order valence-electron chi connectivity index (χ4n) is 4.83. The second-order valence-corrected chi connectivity index (χ2v) is 10.1. The molecule has 0 spiro atoms. The average Bonchev–Trinajstić information content (AvgIpc) is 3.19. The molecule has 1 unspecified atom stereocenters. The third-order valence-corrected chi connectivity index (χ3v) is 7.79. The van der Waals surface area contributed by atoms with Crippen molar-refractivity contribution in [1.82, 2.24) is 19.8 Å². The molecule has 1 atom stereocenters. The molecule has 6 nitrogen and oxygen atoms in total. The van der Waals surface area contributed by atoms with E-state index in [2.05, 4.69) is 59.5 Å². The summed E-state index contributed by atoms with van der Waals surface area (Å²) in [6.07, 6.45) is 4.87. The largest absolute Gasteiger partial charge is 0.379 e. The van der Waals surface area contributed by atoms with Crippen LogP contribution in [0, 0.1) is 0 Å². The molecule has 0 saturated carbocycles. The third-order valence-electron chi connectivity index (χ3n) is 6.60. The van der Waals surface area contributed by atoms with Crippen LogP contribution in [0.15, 0.2) is 30.3 Å². The van der Waals surface area contributed by atoms with Gasteiger partial charge in [-0.25, -0.2) is 9.97 Å². The highest BCUT2D eigenvalue weighted by Gasteiger charge is 2.23. The standard InChI is InChI=1S/C25H33N5OS/c1-29(2)20(18-8-4-3-5-9-18)16-26-24-23-19-10-6-7-11-21(19)32-25(23)28-22(27-24)17-30-12-14-31-15-13-30/h3-5,8-9,20H,6-7,10-17H2,1-2H3,(H,26,27,28). The quantitative estimate of drug-likeness (QED) is 0.583. The molecule has 170 valence electrons. The highest BCUT2D eigenvalue weighted by molar-refractivity contribution is 7.19. The third kappa shape index (κ3) is 4.66. The molecule has 1 N–H and O–H groups in total. The van der Waals surface area contributed by atoms with Crippen LogP contribution in [0.25, 0.3) is 10.2 Å². The summed E-state index contributed by atoms with van der Waals surface area (Å²) in [4.78, 5) is 17.5. The van der Waals surface area contributed by atoms with Crippen LogP contribution in [0.2, 0.25) is 0 Å². The van der Waals surface area contributed by atoms with Crippen molar-refractivity contribution in [3.05, 3.63) is 52.2 Å². The lowest BCUT2D eigenvalue weighted by Gasteiger charge is -2.27. The van der Waals surface area contributed by atoms with Crippen molar-refractivity contribution in [3.8, 4) is 0 Å². The van der Waals surface area contributed by atoms with Crippen LogP contribution in [0.5, 0.6) is 0 Å². The first kappa shape index (κ1) is 21.8. The maximum absolute atomic E-state index is 5.52. The Hall–Kier alpha value is -2.06. The van der Waals surface area contributed by atoms with Gasteiger partial charge in [-0.15, -0.1) is 11.3 Å². The number of aromatic nitrogens is 2. The molecule has 1 saturated heterocycles. The zero-order chi connectivity index (χ0) is 21.9. The molecule has 0 amide bonds. The Morgan fingerprint density at radius 2 is 1.88 bits per heavy atom. The summed E-state index contributed by atoms with van der Waals surface area (Å²) < 4.78 is 5.52. The Balaban J connectivity index is 1.47. The van der Waals surface area contributed by atoms with Gasteiger partial charge in [0.1, 0.15) is 16.5 Å². The van der Waals surface area contributed by atoms with Crippen molar-refractivity contribution in [2.75, 3.05) is 52.3 Å². The number of thiophene rings is 1. The van der Waals surface area contributed by atoms with E-state index >= 15 is 0 Å². The minimum Gasteiger partial charge on any atom is -0.379 e. The number of anilines is 1. The van der Waals surface area contributed by atoms with Crippen molar-refractivity contribution in [2.45, 2.75) is 38.3 Å². The van der Waals surface area contributed by atoms with E-state index < -0.39 is 0 Å². The predicted octanol–water partition coefficient (Wildman–Crippen LogP) is 4.12. The van der Waals surface area contributed by atoms with Gasteiger partial charge in [0.05, 0.1) is 31.2 Å². The minimum absolute atomic E-state index is 0.276. The Bertz CT molecular complexity index is 1050. The van der Waals surface area contributed by atoms with E-state index in [1.54, 1.807) is 0 Å². The highest BCUT2D eigenvalue weighted by atomic mass is 32.1. The van der Waals surface area contributed by atoms with Crippen molar-refractivity contribution in [2.24, 2.45) is 0 Å². The molecular weight excluding hydrogens is 418 g/mol. The molecule has 3 aromatic rings. The van der Waals surface area contributed by atoms with Crippen molar-refractivity contribution in [3.63, 3.8) is 0 Å². The number of morpholine rings is 1. The van der Waals surface area contributed by atoms with Crippen LogP contribution < -0.4 is 5.32 Å². The summed E-state index contributed by atoms with van der Waals surface area (Å²) in [7, 11) is 4.29. The van der Waals surface area contributed by atoms with Crippen LogP contribution in [0.1, 0.15) is 40.7 Å². The number of likely N-dealkylation sites (N-methyl/N-ethyl adjacent to an activating group) is 1. The molecular formula is C25H33N5OS. The second-order valence-electron chi connectivity index (χ2n) is 9.04. The lowest BCUT2D eigenvalue weighted by Crippen LogP contribution is -2.36. The van der Waals surface area contributed by atoms with Gasteiger partial charge >= 0.3 is 0 Å². The van der Waals surface area contributed by atoms with Gasteiger partial charge in [0.15, 0.2) is 0 Å². The number of ether oxygens (including phenoxy) is 1. The highest BCUT2D eigenvalue weighted by Crippen LogP contribution is 2.39. The number of fused-ring (bicyclic) bond motifs is 3. The van der Waals surface area contributed by atoms with Crippen LogP contribution in [0.4, 0.5) is 5.82 Å². The Morgan fingerprint density at radius 1 is 1.09 bits per heavy atom. The van der Waals surface area contributed by atoms with Gasteiger partial charge in [-0.2, -0.15) is 0 Å². The smallest absolute Gasteiger partial charge is 0.146 e. The lowest BCUT2D eigenvalue weighted by molar-refractivity contribution is 0.0331. The van der Waals surface area contributed by atoms with Crippen LogP contribution >= 0.6 is 11.3 Å². The first-order valence-corrected chi connectivity index (χ1v) is 12.6. The van der Waals surface area contributed by atoms with E-state index in [-0.39, 0.29) is 6.04 Å². The van der Waals surface area contributed by atoms with Crippen molar-refractivity contribution >= 4 is 27.4 Å². The zero-order valence-electron chi connectivity index (χ0n) is 19.1. The minimum atomic E-state index is 0.276. The van der Waals surface area contributed by atoms with E-state index in [4.69, 9.17) is 14.7 Å². The Morgan fingerprint density at radius 3 is 2.66 bits per heavy atom.